The summed E-state index contributed by atoms with van der Waals surface area (Å²) < 4.78 is 0. The number of primary amides is 1. The predicted molar refractivity (Wildman–Crippen MR) is 68.6 cm³/mol. The maximum atomic E-state index is 10.9. The molecule has 1 heterocycles. The van der Waals surface area contributed by atoms with Crippen molar-refractivity contribution in [3.05, 3.63) is 21.9 Å². The van der Waals surface area contributed by atoms with Crippen LogP contribution in [0.5, 0.6) is 0 Å². The van der Waals surface area contributed by atoms with Crippen LogP contribution in [0, 0.1) is 5.92 Å². The molecule has 0 saturated heterocycles. The van der Waals surface area contributed by atoms with E-state index in [4.69, 9.17) is 5.73 Å². The van der Waals surface area contributed by atoms with E-state index in [9.17, 15) is 4.79 Å². The molecule has 4 heteroatoms. The fourth-order valence-corrected chi connectivity index (χ4v) is 2.49. The van der Waals surface area contributed by atoms with E-state index in [0.717, 1.165) is 17.8 Å². The molecule has 3 N–H and O–H groups in total. The second kappa shape index (κ2) is 6.01. The van der Waals surface area contributed by atoms with E-state index in [0.29, 0.717) is 17.5 Å². The van der Waals surface area contributed by atoms with Crippen LogP contribution >= 0.6 is 11.3 Å². The average Bonchev–Trinajstić information content (AvgIpc) is 2.61. The fraction of sp³-hybridized carbons (Fsp3) is 0.583. The van der Waals surface area contributed by atoms with Gasteiger partial charge < -0.3 is 11.1 Å². The normalized spacial score (nSPS) is 13.0. The molecule has 0 aliphatic rings. The molecule has 0 fully saturated rings. The first-order valence-corrected chi connectivity index (χ1v) is 6.47. The highest BCUT2D eigenvalue weighted by Gasteiger charge is 2.07. The molecule has 1 atom stereocenters. The number of nitrogens with two attached hydrogens (primary N) is 1. The van der Waals surface area contributed by atoms with Crippen molar-refractivity contribution in [2.24, 2.45) is 11.7 Å². The Labute approximate surface area is 101 Å². The molecule has 3 nitrogen and oxygen atoms in total. The van der Waals surface area contributed by atoms with Gasteiger partial charge in [0.2, 0.25) is 5.91 Å². The molecule has 0 bridgehead atoms. The van der Waals surface area contributed by atoms with Crippen molar-refractivity contribution in [1.82, 2.24) is 5.32 Å². The van der Waals surface area contributed by atoms with E-state index in [1.807, 2.05) is 11.4 Å². The van der Waals surface area contributed by atoms with Gasteiger partial charge in [0, 0.05) is 22.8 Å². The van der Waals surface area contributed by atoms with Crippen molar-refractivity contribution < 1.29 is 4.79 Å². The summed E-state index contributed by atoms with van der Waals surface area (Å²) in [6.45, 7) is 7.43. The molecule has 1 amide bonds. The van der Waals surface area contributed by atoms with E-state index >= 15 is 0 Å². The van der Waals surface area contributed by atoms with Gasteiger partial charge in [-0.1, -0.05) is 13.8 Å². The molecule has 0 radical (unpaired) electrons. The van der Waals surface area contributed by atoms with Crippen LogP contribution in [0.2, 0.25) is 0 Å². The number of hydrogen-bond acceptors (Lipinski definition) is 3. The third-order valence-corrected chi connectivity index (χ3v) is 3.32. The Kier molecular flexibility index (Phi) is 4.96. The largest absolute Gasteiger partial charge is 0.366 e. The van der Waals surface area contributed by atoms with Crippen molar-refractivity contribution in [3.63, 3.8) is 0 Å². The molecule has 0 aliphatic carbocycles. The summed E-state index contributed by atoms with van der Waals surface area (Å²) in [5.41, 5.74) is 5.81. The lowest BCUT2D eigenvalue weighted by Crippen LogP contribution is -2.26. The fourth-order valence-electron chi connectivity index (χ4n) is 1.67. The van der Waals surface area contributed by atoms with Gasteiger partial charge >= 0.3 is 0 Å². The van der Waals surface area contributed by atoms with E-state index in [1.165, 1.54) is 0 Å². The molecular formula is C12H20N2OS. The topological polar surface area (TPSA) is 55.1 Å². The Balaban J connectivity index is 2.39. The van der Waals surface area contributed by atoms with Gasteiger partial charge in [-0.2, -0.15) is 0 Å². The zero-order valence-electron chi connectivity index (χ0n) is 10.1. The molecule has 1 unspecified atom stereocenters. The van der Waals surface area contributed by atoms with Crippen LogP contribution in [0.25, 0.3) is 0 Å². The number of carbonyl (C=O) groups is 1. The Bertz CT molecular complexity index is 347. The van der Waals surface area contributed by atoms with Gasteiger partial charge in [-0.05, 0) is 25.3 Å². The molecule has 0 aliphatic heterocycles. The second-order valence-corrected chi connectivity index (χ2v) is 5.57. The Morgan fingerprint density at radius 3 is 2.69 bits per heavy atom. The third kappa shape index (κ3) is 4.33. The molecular weight excluding hydrogens is 220 g/mol. The minimum absolute atomic E-state index is 0.349. The van der Waals surface area contributed by atoms with Crippen molar-refractivity contribution in [1.29, 1.82) is 0 Å². The lowest BCUT2D eigenvalue weighted by Gasteiger charge is -2.15. The molecule has 0 spiro atoms. The maximum absolute atomic E-state index is 10.9. The molecule has 90 valence electrons. The van der Waals surface area contributed by atoms with Gasteiger partial charge in [-0.3, -0.25) is 4.79 Å². The summed E-state index contributed by atoms with van der Waals surface area (Å²) in [6, 6.07) is 2.36. The SMILES string of the molecule is CC(C)CC(C)NCc1cc(C(N)=O)cs1. The quantitative estimate of drug-likeness (QED) is 0.802. The van der Waals surface area contributed by atoms with Crippen LogP contribution in [-0.4, -0.2) is 11.9 Å². The first-order valence-electron chi connectivity index (χ1n) is 5.59. The van der Waals surface area contributed by atoms with Crippen LogP contribution in [0.15, 0.2) is 11.4 Å². The summed E-state index contributed by atoms with van der Waals surface area (Å²) in [7, 11) is 0. The average molecular weight is 240 g/mol. The lowest BCUT2D eigenvalue weighted by molar-refractivity contribution is 0.100. The number of amides is 1. The smallest absolute Gasteiger partial charge is 0.249 e. The van der Waals surface area contributed by atoms with Gasteiger partial charge in [0.25, 0.3) is 0 Å². The summed E-state index contributed by atoms with van der Waals surface area (Å²) in [6.07, 6.45) is 1.16. The van der Waals surface area contributed by atoms with Crippen LogP contribution in [-0.2, 0) is 6.54 Å². The molecule has 1 rings (SSSR count). The van der Waals surface area contributed by atoms with E-state index < -0.39 is 0 Å². The zero-order chi connectivity index (χ0) is 12.1. The van der Waals surface area contributed by atoms with Gasteiger partial charge in [-0.25, -0.2) is 0 Å². The number of rotatable bonds is 6. The zero-order valence-corrected chi connectivity index (χ0v) is 10.9. The maximum Gasteiger partial charge on any atom is 0.249 e. The van der Waals surface area contributed by atoms with Crippen molar-refractivity contribution in [3.8, 4) is 0 Å². The first kappa shape index (κ1) is 13.2. The minimum atomic E-state index is -0.349. The number of hydrogen-bond donors (Lipinski definition) is 2. The highest BCUT2D eigenvalue weighted by molar-refractivity contribution is 7.10. The molecule has 1 aromatic rings. The van der Waals surface area contributed by atoms with E-state index in [-0.39, 0.29) is 5.91 Å². The number of thiophene rings is 1. The number of nitrogens with one attached hydrogen (secondary N) is 1. The summed E-state index contributed by atoms with van der Waals surface area (Å²) in [5.74, 6) is 0.352. The standard InChI is InChI=1S/C12H20N2OS/c1-8(2)4-9(3)14-6-11-5-10(7-16-11)12(13)15/h5,7-9,14H,4,6H2,1-3H3,(H2,13,15). The minimum Gasteiger partial charge on any atom is -0.366 e. The van der Waals surface area contributed by atoms with Crippen molar-refractivity contribution in [2.75, 3.05) is 0 Å². The Morgan fingerprint density at radius 1 is 1.50 bits per heavy atom. The van der Waals surface area contributed by atoms with E-state index in [2.05, 4.69) is 26.1 Å². The van der Waals surface area contributed by atoms with Gasteiger partial charge in [0.1, 0.15) is 0 Å². The van der Waals surface area contributed by atoms with Crippen LogP contribution in [0.1, 0.15) is 42.4 Å². The summed E-state index contributed by atoms with van der Waals surface area (Å²) in [5, 5.41) is 5.25. The Hall–Kier alpha value is -0.870. The summed E-state index contributed by atoms with van der Waals surface area (Å²) >= 11 is 1.58. The third-order valence-electron chi connectivity index (χ3n) is 2.39. The van der Waals surface area contributed by atoms with Gasteiger partial charge in [0.05, 0.1) is 5.56 Å². The van der Waals surface area contributed by atoms with Crippen molar-refractivity contribution >= 4 is 17.2 Å². The van der Waals surface area contributed by atoms with E-state index in [1.54, 1.807) is 11.3 Å². The predicted octanol–water partition coefficient (Wildman–Crippen LogP) is 2.37. The highest BCUT2D eigenvalue weighted by Crippen LogP contribution is 2.14. The molecule has 16 heavy (non-hydrogen) atoms. The highest BCUT2D eigenvalue weighted by atomic mass is 32.1. The van der Waals surface area contributed by atoms with Crippen LogP contribution in [0.3, 0.4) is 0 Å². The van der Waals surface area contributed by atoms with Gasteiger partial charge in [0.15, 0.2) is 0 Å². The molecule has 0 saturated carbocycles. The van der Waals surface area contributed by atoms with Gasteiger partial charge in [-0.15, -0.1) is 11.3 Å². The Morgan fingerprint density at radius 2 is 2.19 bits per heavy atom. The first-order chi connectivity index (χ1) is 7.49. The van der Waals surface area contributed by atoms with Crippen molar-refractivity contribution in [2.45, 2.75) is 39.8 Å². The molecule has 0 aromatic carbocycles. The second-order valence-electron chi connectivity index (χ2n) is 4.58. The molecule has 1 aromatic heterocycles. The monoisotopic (exact) mass is 240 g/mol. The van der Waals surface area contributed by atoms with Crippen LogP contribution < -0.4 is 11.1 Å². The number of carbonyl (C=O) groups excluding carboxylic acids is 1. The van der Waals surface area contributed by atoms with Crippen LogP contribution in [0.4, 0.5) is 0 Å². The summed E-state index contributed by atoms with van der Waals surface area (Å²) in [4.78, 5) is 12.1. The lowest BCUT2D eigenvalue weighted by atomic mass is 10.1.